The topological polar surface area (TPSA) is 106 Å². The van der Waals surface area contributed by atoms with Gasteiger partial charge in [-0.3, -0.25) is 9.59 Å². The number of amides is 2. The molecular weight excluding hydrogens is 438 g/mol. The number of rotatable bonds is 6. The highest BCUT2D eigenvalue weighted by Crippen LogP contribution is 2.16. The van der Waals surface area contributed by atoms with Gasteiger partial charge >= 0.3 is 0 Å². The van der Waals surface area contributed by atoms with Crippen molar-refractivity contribution in [2.24, 2.45) is 0 Å². The Labute approximate surface area is 194 Å². The monoisotopic (exact) mass is 454 g/mol. The van der Waals surface area contributed by atoms with Gasteiger partial charge < -0.3 is 10.6 Å². The second kappa shape index (κ2) is 11.0. The molecule has 0 unspecified atom stereocenters. The van der Waals surface area contributed by atoms with Crippen LogP contribution in [0, 0.1) is 34.3 Å². The largest absolute Gasteiger partial charge is 0.321 e. The van der Waals surface area contributed by atoms with Gasteiger partial charge in [-0.15, -0.1) is 0 Å². The molecule has 0 saturated carbocycles. The molecule has 0 heterocycles. The van der Waals surface area contributed by atoms with E-state index in [1.165, 1.54) is 60.7 Å². The Morgan fingerprint density at radius 1 is 0.676 bits per heavy atom. The predicted octanol–water partition coefficient (Wildman–Crippen LogP) is 5.06. The number of carbonyl (C=O) groups excluding carboxylic acids is 2. The Morgan fingerprint density at radius 3 is 1.41 bits per heavy atom. The van der Waals surface area contributed by atoms with Gasteiger partial charge in [-0.25, -0.2) is 8.78 Å². The minimum atomic E-state index is -0.675. The Hall–Kier alpha value is -5.08. The quantitative estimate of drug-likeness (QED) is 0.401. The number of benzene rings is 3. The lowest BCUT2D eigenvalue weighted by molar-refractivity contribution is -0.113. The second-order valence-electron chi connectivity index (χ2n) is 6.93. The van der Waals surface area contributed by atoms with Crippen LogP contribution in [-0.2, 0) is 9.59 Å². The van der Waals surface area contributed by atoms with Crippen LogP contribution >= 0.6 is 0 Å². The Bertz CT molecular complexity index is 1260. The summed E-state index contributed by atoms with van der Waals surface area (Å²) in [6.45, 7) is 0. The molecule has 2 amide bonds. The molecule has 34 heavy (non-hydrogen) atoms. The summed E-state index contributed by atoms with van der Waals surface area (Å²) >= 11 is 0. The molecule has 0 aliphatic rings. The first-order chi connectivity index (χ1) is 16.4. The maximum atomic E-state index is 13.0. The van der Waals surface area contributed by atoms with Crippen molar-refractivity contribution in [3.8, 4) is 12.1 Å². The van der Waals surface area contributed by atoms with Gasteiger partial charge in [0.05, 0.1) is 0 Å². The van der Waals surface area contributed by atoms with Gasteiger partial charge in [0.25, 0.3) is 11.8 Å². The first kappa shape index (κ1) is 23.6. The molecule has 0 spiro atoms. The molecule has 3 rings (SSSR count). The number of nitrogens with one attached hydrogen (secondary N) is 2. The summed E-state index contributed by atoms with van der Waals surface area (Å²) in [6, 6.07) is 20.3. The fourth-order valence-corrected chi connectivity index (χ4v) is 2.83. The molecule has 0 atom stereocenters. The third kappa shape index (κ3) is 6.46. The third-order valence-electron chi connectivity index (χ3n) is 4.47. The number of anilines is 2. The van der Waals surface area contributed by atoms with Crippen LogP contribution < -0.4 is 10.6 Å². The van der Waals surface area contributed by atoms with Crippen molar-refractivity contribution in [2.45, 2.75) is 0 Å². The van der Waals surface area contributed by atoms with E-state index < -0.39 is 23.4 Å². The predicted molar refractivity (Wildman–Crippen MR) is 124 cm³/mol. The van der Waals surface area contributed by atoms with Gasteiger partial charge in [-0.2, -0.15) is 10.5 Å². The minimum Gasteiger partial charge on any atom is -0.321 e. The van der Waals surface area contributed by atoms with Crippen molar-refractivity contribution in [3.05, 3.63) is 107 Å². The van der Waals surface area contributed by atoms with Crippen LogP contribution in [0.15, 0.2) is 83.9 Å². The van der Waals surface area contributed by atoms with Gasteiger partial charge in [0.15, 0.2) is 0 Å². The molecule has 3 aromatic rings. The molecule has 2 N–H and O–H groups in total. The lowest BCUT2D eigenvalue weighted by Crippen LogP contribution is -2.13. The fourth-order valence-electron chi connectivity index (χ4n) is 2.83. The van der Waals surface area contributed by atoms with Crippen molar-refractivity contribution in [1.29, 1.82) is 10.5 Å². The molecule has 0 bridgehead atoms. The third-order valence-corrected chi connectivity index (χ3v) is 4.47. The summed E-state index contributed by atoms with van der Waals surface area (Å²) in [5.74, 6) is -2.26. The highest BCUT2D eigenvalue weighted by atomic mass is 19.1. The highest BCUT2D eigenvalue weighted by Gasteiger charge is 2.12. The maximum absolute atomic E-state index is 13.0. The number of carbonyl (C=O) groups is 2. The Balaban J connectivity index is 1.78. The molecule has 166 valence electrons. The van der Waals surface area contributed by atoms with Crippen LogP contribution in [0.4, 0.5) is 20.2 Å². The molecule has 8 heteroatoms. The molecular formula is C26H16F2N4O2. The van der Waals surface area contributed by atoms with Crippen molar-refractivity contribution < 1.29 is 18.4 Å². The first-order valence-electron chi connectivity index (χ1n) is 9.85. The Kier molecular flexibility index (Phi) is 7.62. The summed E-state index contributed by atoms with van der Waals surface area (Å²) < 4.78 is 26.0. The van der Waals surface area contributed by atoms with E-state index in [-0.39, 0.29) is 11.1 Å². The summed E-state index contributed by atoms with van der Waals surface area (Å²) in [5.41, 5.74) is 1.23. The normalized spacial score (nSPS) is 11.2. The van der Waals surface area contributed by atoms with E-state index in [2.05, 4.69) is 10.6 Å². The van der Waals surface area contributed by atoms with E-state index in [1.54, 1.807) is 24.3 Å². The molecule has 0 aliphatic carbocycles. The number of nitriles is 2. The van der Waals surface area contributed by atoms with Crippen LogP contribution in [-0.4, -0.2) is 11.8 Å². The van der Waals surface area contributed by atoms with Crippen LogP contribution in [0.2, 0.25) is 0 Å². The number of hydrogen-bond acceptors (Lipinski definition) is 4. The van der Waals surface area contributed by atoms with E-state index in [0.717, 1.165) is 0 Å². The summed E-state index contributed by atoms with van der Waals surface area (Å²) in [6.07, 6.45) is 2.70. The molecule has 0 saturated heterocycles. The smallest absolute Gasteiger partial charge is 0.266 e. The summed E-state index contributed by atoms with van der Waals surface area (Å²) in [7, 11) is 0. The van der Waals surface area contributed by atoms with Crippen molar-refractivity contribution >= 4 is 35.3 Å². The molecule has 0 radical (unpaired) electrons. The SMILES string of the molecule is N#C/C(=C\c1cccc(/C=C(\C#N)C(=O)Nc2ccc(F)cc2)c1)C(=O)Nc1ccc(F)cc1. The average Bonchev–Trinajstić information content (AvgIpc) is 2.84. The zero-order valence-electron chi connectivity index (χ0n) is 17.5. The Morgan fingerprint density at radius 2 is 1.06 bits per heavy atom. The van der Waals surface area contributed by atoms with E-state index in [4.69, 9.17) is 0 Å². The number of hydrogen-bond donors (Lipinski definition) is 2. The maximum Gasteiger partial charge on any atom is 0.266 e. The van der Waals surface area contributed by atoms with Crippen molar-refractivity contribution in [2.75, 3.05) is 10.6 Å². The molecule has 6 nitrogen and oxygen atoms in total. The summed E-state index contributed by atoms with van der Waals surface area (Å²) in [4.78, 5) is 24.8. The lowest BCUT2D eigenvalue weighted by atomic mass is 10.1. The second-order valence-corrected chi connectivity index (χ2v) is 6.93. The van der Waals surface area contributed by atoms with E-state index >= 15 is 0 Å². The lowest BCUT2D eigenvalue weighted by Gasteiger charge is -2.05. The van der Waals surface area contributed by atoms with Gasteiger partial charge in [-0.1, -0.05) is 18.2 Å². The van der Waals surface area contributed by atoms with Crippen LogP contribution in [0.3, 0.4) is 0 Å². The summed E-state index contributed by atoms with van der Waals surface area (Å²) in [5, 5.41) is 23.8. The number of nitrogens with zero attached hydrogens (tertiary/aromatic N) is 2. The van der Waals surface area contributed by atoms with Crippen molar-refractivity contribution in [1.82, 2.24) is 0 Å². The molecule has 3 aromatic carbocycles. The highest BCUT2D eigenvalue weighted by molar-refractivity contribution is 6.10. The zero-order chi connectivity index (χ0) is 24.5. The fraction of sp³-hybridized carbons (Fsp3) is 0. The van der Waals surface area contributed by atoms with Crippen LogP contribution in [0.1, 0.15) is 11.1 Å². The molecule has 0 fully saturated rings. The van der Waals surface area contributed by atoms with Crippen molar-refractivity contribution in [3.63, 3.8) is 0 Å². The van der Waals surface area contributed by atoms with Gasteiger partial charge in [0.1, 0.15) is 34.9 Å². The van der Waals surface area contributed by atoms with Crippen LogP contribution in [0.5, 0.6) is 0 Å². The standard InChI is InChI=1S/C26H16F2N4O2/c27-21-4-8-23(9-5-21)31-25(33)19(15-29)13-17-2-1-3-18(12-17)14-20(16-30)26(34)32-24-10-6-22(28)7-11-24/h1-14H,(H,31,33)(H,32,34)/b19-13+,20-14+. The van der Waals surface area contributed by atoms with E-state index in [1.807, 2.05) is 12.1 Å². The zero-order valence-corrected chi connectivity index (χ0v) is 17.5. The molecule has 0 aliphatic heterocycles. The van der Waals surface area contributed by atoms with E-state index in [9.17, 15) is 28.9 Å². The van der Waals surface area contributed by atoms with E-state index in [0.29, 0.717) is 22.5 Å². The van der Waals surface area contributed by atoms with Gasteiger partial charge in [0.2, 0.25) is 0 Å². The van der Waals surface area contributed by atoms with Crippen LogP contribution in [0.25, 0.3) is 12.2 Å². The first-order valence-corrected chi connectivity index (χ1v) is 9.85. The molecule has 0 aromatic heterocycles. The average molecular weight is 454 g/mol. The van der Waals surface area contributed by atoms with Gasteiger partial charge in [0, 0.05) is 11.4 Å². The van der Waals surface area contributed by atoms with Gasteiger partial charge in [-0.05, 0) is 77.9 Å². The number of halogens is 2. The minimum absolute atomic E-state index is 0.194.